The van der Waals surface area contributed by atoms with Gasteiger partial charge in [-0.25, -0.2) is 0 Å². The quantitative estimate of drug-likeness (QED) is 0.712. The van der Waals surface area contributed by atoms with Gasteiger partial charge >= 0.3 is 0 Å². The molecule has 0 aliphatic rings. The Hall–Kier alpha value is -2.11. The van der Waals surface area contributed by atoms with Crippen molar-refractivity contribution in [2.24, 2.45) is 5.73 Å². The molecule has 0 bridgehead atoms. The summed E-state index contributed by atoms with van der Waals surface area (Å²) in [7, 11) is 0. The number of benzene rings is 2. The Bertz CT molecular complexity index is 684. The second kappa shape index (κ2) is 9.90. The van der Waals surface area contributed by atoms with E-state index in [2.05, 4.69) is 10.6 Å². The van der Waals surface area contributed by atoms with Crippen molar-refractivity contribution in [1.29, 1.82) is 0 Å². The van der Waals surface area contributed by atoms with Gasteiger partial charge in [-0.3, -0.25) is 9.59 Å². The van der Waals surface area contributed by atoms with Gasteiger partial charge in [0.15, 0.2) is 0 Å². The molecule has 0 aromatic heterocycles. The maximum Gasteiger partial charge on any atom is 0.239 e. The van der Waals surface area contributed by atoms with Crippen molar-refractivity contribution in [3.05, 3.63) is 48.0 Å². The highest BCUT2D eigenvalue weighted by Gasteiger charge is 2.08. The largest absolute Gasteiger partial charge is 0.355 e. The van der Waals surface area contributed by atoms with E-state index >= 15 is 0 Å². The molecule has 2 aromatic carbocycles. The highest BCUT2D eigenvalue weighted by molar-refractivity contribution is 5.91. The van der Waals surface area contributed by atoms with Gasteiger partial charge < -0.3 is 16.4 Å². The zero-order valence-electron chi connectivity index (χ0n) is 13.7. The molecule has 0 fully saturated rings. The van der Waals surface area contributed by atoms with E-state index in [9.17, 15) is 9.59 Å². The molecule has 0 radical (unpaired) electrons. The van der Waals surface area contributed by atoms with Crippen LogP contribution in [-0.4, -0.2) is 30.9 Å². The minimum atomic E-state index is -0.197. The van der Waals surface area contributed by atoms with E-state index in [-0.39, 0.29) is 43.2 Å². The summed E-state index contributed by atoms with van der Waals surface area (Å²) in [6.45, 7) is 2.40. The summed E-state index contributed by atoms with van der Waals surface area (Å²) in [6, 6.07) is 13.9. The molecule has 1 atom stereocenters. The van der Waals surface area contributed by atoms with E-state index in [0.717, 1.165) is 22.8 Å². The maximum atomic E-state index is 12.0. The summed E-state index contributed by atoms with van der Waals surface area (Å²) < 4.78 is 0. The maximum absolute atomic E-state index is 12.0. The molecule has 2 aromatic rings. The van der Waals surface area contributed by atoms with Gasteiger partial charge in [-0.1, -0.05) is 42.5 Å². The molecule has 2 amide bonds. The zero-order chi connectivity index (χ0) is 16.7. The van der Waals surface area contributed by atoms with Gasteiger partial charge in [-0.05, 0) is 29.7 Å². The number of carbonyl (C=O) groups excluding carboxylic acids is 2. The minimum absolute atomic E-state index is 0. The number of rotatable bonds is 7. The normalized spacial score (nSPS) is 11.4. The van der Waals surface area contributed by atoms with E-state index in [1.807, 2.05) is 49.4 Å². The molecular weight excluding hydrogens is 326 g/mol. The van der Waals surface area contributed by atoms with Gasteiger partial charge in [0.25, 0.3) is 0 Å². The van der Waals surface area contributed by atoms with Crippen LogP contribution in [0.5, 0.6) is 0 Å². The first-order chi connectivity index (χ1) is 11.1. The van der Waals surface area contributed by atoms with Gasteiger partial charge in [0.1, 0.15) is 0 Å². The predicted molar refractivity (Wildman–Crippen MR) is 99.2 cm³/mol. The summed E-state index contributed by atoms with van der Waals surface area (Å²) in [5.41, 5.74) is 6.57. The lowest BCUT2D eigenvalue weighted by atomic mass is 10.0. The van der Waals surface area contributed by atoms with E-state index in [1.54, 1.807) is 0 Å². The number of amides is 2. The second-order valence-electron chi connectivity index (χ2n) is 5.71. The van der Waals surface area contributed by atoms with Crippen molar-refractivity contribution in [3.8, 4) is 0 Å². The number of fused-ring (bicyclic) bond motifs is 1. The van der Waals surface area contributed by atoms with Gasteiger partial charge in [0, 0.05) is 12.6 Å². The molecule has 0 saturated heterocycles. The smallest absolute Gasteiger partial charge is 0.239 e. The molecule has 24 heavy (non-hydrogen) atoms. The molecule has 0 heterocycles. The molecule has 0 spiro atoms. The first-order valence-corrected chi connectivity index (χ1v) is 7.82. The zero-order valence-corrected chi connectivity index (χ0v) is 14.6. The number of hydrogen-bond acceptors (Lipinski definition) is 3. The van der Waals surface area contributed by atoms with Crippen LogP contribution in [0.2, 0.25) is 0 Å². The Kier molecular flexibility index (Phi) is 8.22. The Morgan fingerprint density at radius 1 is 1.04 bits per heavy atom. The fourth-order valence-corrected chi connectivity index (χ4v) is 2.36. The molecule has 5 nitrogen and oxygen atoms in total. The molecule has 6 heteroatoms. The van der Waals surface area contributed by atoms with Crippen molar-refractivity contribution < 1.29 is 9.59 Å². The number of nitrogens with two attached hydrogens (primary N) is 1. The van der Waals surface area contributed by atoms with Gasteiger partial charge in [0.2, 0.25) is 11.8 Å². The number of nitrogens with one attached hydrogen (secondary N) is 2. The van der Waals surface area contributed by atoms with Crippen LogP contribution in [0.3, 0.4) is 0 Å². The first-order valence-electron chi connectivity index (χ1n) is 7.82. The Labute approximate surface area is 148 Å². The average molecular weight is 350 g/mol. The summed E-state index contributed by atoms with van der Waals surface area (Å²) in [6.07, 6.45) is 0.976. The van der Waals surface area contributed by atoms with E-state index in [4.69, 9.17) is 5.73 Å². The third kappa shape index (κ3) is 6.18. The van der Waals surface area contributed by atoms with Crippen molar-refractivity contribution in [3.63, 3.8) is 0 Å². The van der Waals surface area contributed by atoms with E-state index in [0.29, 0.717) is 6.54 Å². The minimum Gasteiger partial charge on any atom is -0.355 e. The van der Waals surface area contributed by atoms with Crippen molar-refractivity contribution in [2.45, 2.75) is 25.8 Å². The molecule has 0 aliphatic heterocycles. The molecular formula is C18H24ClN3O2. The van der Waals surface area contributed by atoms with Gasteiger partial charge in [0.05, 0.1) is 13.0 Å². The monoisotopic (exact) mass is 349 g/mol. The van der Waals surface area contributed by atoms with E-state index in [1.165, 1.54) is 0 Å². The Balaban J connectivity index is 0.00000288. The third-order valence-corrected chi connectivity index (χ3v) is 3.60. The van der Waals surface area contributed by atoms with Crippen molar-refractivity contribution in [1.82, 2.24) is 10.6 Å². The average Bonchev–Trinajstić information content (AvgIpc) is 2.53. The molecule has 1 unspecified atom stereocenters. The number of halogens is 1. The van der Waals surface area contributed by atoms with E-state index < -0.39 is 0 Å². The van der Waals surface area contributed by atoms with Crippen LogP contribution in [0.25, 0.3) is 10.8 Å². The Morgan fingerprint density at radius 2 is 1.75 bits per heavy atom. The summed E-state index contributed by atoms with van der Waals surface area (Å²) in [5, 5.41) is 7.55. The van der Waals surface area contributed by atoms with Gasteiger partial charge in [-0.2, -0.15) is 0 Å². The predicted octanol–water partition coefficient (Wildman–Crippen LogP) is 1.77. The van der Waals surface area contributed by atoms with Crippen LogP contribution in [0.1, 0.15) is 18.9 Å². The fourth-order valence-electron chi connectivity index (χ4n) is 2.36. The van der Waals surface area contributed by atoms with Crippen LogP contribution in [0.15, 0.2) is 42.5 Å². The number of hydrogen-bond donors (Lipinski definition) is 3. The lowest BCUT2D eigenvalue weighted by Gasteiger charge is -2.09. The summed E-state index contributed by atoms with van der Waals surface area (Å²) >= 11 is 0. The Morgan fingerprint density at radius 3 is 2.50 bits per heavy atom. The van der Waals surface area contributed by atoms with Crippen molar-refractivity contribution in [2.75, 3.05) is 13.1 Å². The first kappa shape index (κ1) is 19.9. The van der Waals surface area contributed by atoms with Gasteiger partial charge in [-0.15, -0.1) is 12.4 Å². The van der Waals surface area contributed by atoms with Crippen LogP contribution in [-0.2, 0) is 16.0 Å². The highest BCUT2D eigenvalue weighted by Crippen LogP contribution is 2.18. The SMILES string of the molecule is CC(N)CCNC(=O)CNC(=O)Cc1cccc2ccccc12.Cl. The van der Waals surface area contributed by atoms with Crippen LogP contribution < -0.4 is 16.4 Å². The standard InChI is InChI=1S/C18H23N3O2.ClH/c1-13(19)9-10-20-18(23)12-21-17(22)11-15-7-4-6-14-5-2-3-8-16(14)15;/h2-8,13H,9-12,19H2,1H3,(H,20,23)(H,21,22);1H. The summed E-state index contributed by atoms with van der Waals surface area (Å²) in [4.78, 5) is 23.7. The van der Waals surface area contributed by atoms with Crippen molar-refractivity contribution >= 4 is 35.0 Å². The second-order valence-corrected chi connectivity index (χ2v) is 5.71. The molecule has 130 valence electrons. The molecule has 2 rings (SSSR count). The molecule has 0 aliphatic carbocycles. The topological polar surface area (TPSA) is 84.2 Å². The molecule has 4 N–H and O–H groups in total. The third-order valence-electron chi connectivity index (χ3n) is 3.60. The summed E-state index contributed by atoms with van der Waals surface area (Å²) in [5.74, 6) is -0.361. The fraction of sp³-hybridized carbons (Fsp3) is 0.333. The lowest BCUT2D eigenvalue weighted by Crippen LogP contribution is -2.38. The lowest BCUT2D eigenvalue weighted by molar-refractivity contribution is -0.125. The van der Waals surface area contributed by atoms with Crippen LogP contribution in [0.4, 0.5) is 0 Å². The van der Waals surface area contributed by atoms with Crippen LogP contribution >= 0.6 is 12.4 Å². The highest BCUT2D eigenvalue weighted by atomic mass is 35.5. The van der Waals surface area contributed by atoms with Crippen LogP contribution in [0, 0.1) is 0 Å². The molecule has 0 saturated carbocycles. The number of carbonyl (C=O) groups is 2.